The second kappa shape index (κ2) is 4.55. The fourth-order valence-corrected chi connectivity index (χ4v) is 2.90. The molecule has 17 heavy (non-hydrogen) atoms. The lowest BCUT2D eigenvalue weighted by atomic mass is 10.2. The Morgan fingerprint density at radius 1 is 1.29 bits per heavy atom. The van der Waals surface area contributed by atoms with Crippen molar-refractivity contribution < 1.29 is 5.11 Å². The van der Waals surface area contributed by atoms with Crippen molar-refractivity contribution in [1.82, 2.24) is 9.97 Å². The predicted molar refractivity (Wildman–Crippen MR) is 70.2 cm³/mol. The summed E-state index contributed by atoms with van der Waals surface area (Å²) in [6.45, 7) is 7.75. The molecule has 0 saturated carbocycles. The number of pyridine rings is 1. The number of nitrogens with zero attached hydrogens (tertiary/aromatic N) is 2. The summed E-state index contributed by atoms with van der Waals surface area (Å²) in [6, 6.07) is 2.10. The molecule has 3 nitrogen and oxygen atoms in total. The van der Waals surface area contributed by atoms with E-state index < -0.39 is 6.10 Å². The minimum absolute atomic E-state index is 0.466. The molecular weight excluding hydrogens is 232 g/mol. The number of hydrogen-bond donors (Lipinski definition) is 1. The maximum absolute atomic E-state index is 9.63. The molecule has 2 aromatic heterocycles. The molecule has 2 aromatic rings. The molecule has 0 fully saturated rings. The zero-order valence-corrected chi connectivity index (χ0v) is 11.3. The third-order valence-electron chi connectivity index (χ3n) is 2.63. The molecule has 1 atom stereocenters. The maximum atomic E-state index is 9.63. The largest absolute Gasteiger partial charge is 0.388 e. The monoisotopic (exact) mass is 248 g/mol. The summed E-state index contributed by atoms with van der Waals surface area (Å²) in [5.74, 6) is 0. The van der Waals surface area contributed by atoms with Crippen molar-refractivity contribution in [3.05, 3.63) is 34.0 Å². The van der Waals surface area contributed by atoms with E-state index >= 15 is 0 Å². The molecule has 0 aliphatic heterocycles. The smallest absolute Gasteiger partial charge is 0.142 e. The van der Waals surface area contributed by atoms with Crippen LogP contribution in [0.25, 0.3) is 10.7 Å². The van der Waals surface area contributed by atoms with Gasteiger partial charge in [-0.05, 0) is 38.8 Å². The zero-order chi connectivity index (χ0) is 12.6. The van der Waals surface area contributed by atoms with E-state index in [4.69, 9.17) is 0 Å². The van der Waals surface area contributed by atoms with E-state index in [-0.39, 0.29) is 0 Å². The molecule has 0 bridgehead atoms. The minimum Gasteiger partial charge on any atom is -0.388 e. The highest BCUT2D eigenvalue weighted by Gasteiger charge is 2.15. The van der Waals surface area contributed by atoms with Crippen molar-refractivity contribution in [2.45, 2.75) is 33.8 Å². The Morgan fingerprint density at radius 2 is 2.00 bits per heavy atom. The Morgan fingerprint density at radius 3 is 2.53 bits per heavy atom. The molecular formula is C13H16N2OS. The SMILES string of the molecule is Cc1cnc(-c2nc(C)c(C(C)O)s2)c(C)c1. The highest BCUT2D eigenvalue weighted by molar-refractivity contribution is 7.15. The van der Waals surface area contributed by atoms with Crippen LogP contribution in [0.2, 0.25) is 0 Å². The van der Waals surface area contributed by atoms with Crippen molar-refractivity contribution in [1.29, 1.82) is 0 Å². The first-order valence-electron chi connectivity index (χ1n) is 5.58. The van der Waals surface area contributed by atoms with Crippen molar-refractivity contribution in [3.8, 4) is 10.7 Å². The van der Waals surface area contributed by atoms with Gasteiger partial charge in [-0.25, -0.2) is 4.98 Å². The van der Waals surface area contributed by atoms with Gasteiger partial charge in [0, 0.05) is 6.20 Å². The van der Waals surface area contributed by atoms with Gasteiger partial charge in [-0.3, -0.25) is 4.98 Å². The summed E-state index contributed by atoms with van der Waals surface area (Å²) in [7, 11) is 0. The summed E-state index contributed by atoms with van der Waals surface area (Å²) >= 11 is 1.52. The molecule has 90 valence electrons. The number of rotatable bonds is 2. The first-order valence-corrected chi connectivity index (χ1v) is 6.39. The Labute approximate surface area is 105 Å². The summed E-state index contributed by atoms with van der Waals surface area (Å²) in [4.78, 5) is 9.84. The summed E-state index contributed by atoms with van der Waals surface area (Å²) < 4.78 is 0. The van der Waals surface area contributed by atoms with Crippen molar-refractivity contribution in [3.63, 3.8) is 0 Å². The van der Waals surface area contributed by atoms with Crippen LogP contribution in [0.1, 0.15) is 34.7 Å². The van der Waals surface area contributed by atoms with E-state index in [1.54, 1.807) is 6.92 Å². The molecule has 2 heterocycles. The van der Waals surface area contributed by atoms with Gasteiger partial charge in [0.2, 0.25) is 0 Å². The van der Waals surface area contributed by atoms with E-state index in [0.29, 0.717) is 0 Å². The van der Waals surface area contributed by atoms with Crippen LogP contribution in [-0.2, 0) is 0 Å². The second-order valence-electron chi connectivity index (χ2n) is 4.32. The first kappa shape index (κ1) is 12.2. The molecule has 1 N–H and O–H groups in total. The normalized spacial score (nSPS) is 12.8. The molecule has 0 spiro atoms. The van der Waals surface area contributed by atoms with Crippen LogP contribution >= 0.6 is 11.3 Å². The van der Waals surface area contributed by atoms with E-state index in [9.17, 15) is 5.11 Å². The number of aliphatic hydroxyl groups excluding tert-OH is 1. The summed E-state index contributed by atoms with van der Waals surface area (Å²) in [6.07, 6.45) is 1.38. The van der Waals surface area contributed by atoms with Crippen LogP contribution in [0.3, 0.4) is 0 Å². The topological polar surface area (TPSA) is 46.0 Å². The molecule has 2 rings (SSSR count). The molecule has 0 radical (unpaired) electrons. The van der Waals surface area contributed by atoms with Gasteiger partial charge in [-0.15, -0.1) is 11.3 Å². The fourth-order valence-electron chi connectivity index (χ4n) is 1.84. The van der Waals surface area contributed by atoms with Gasteiger partial charge in [0.25, 0.3) is 0 Å². The Hall–Kier alpha value is -1.26. The lowest BCUT2D eigenvalue weighted by molar-refractivity contribution is 0.202. The zero-order valence-electron chi connectivity index (χ0n) is 10.5. The highest BCUT2D eigenvalue weighted by Crippen LogP contribution is 2.32. The number of hydrogen-bond acceptors (Lipinski definition) is 4. The lowest BCUT2D eigenvalue weighted by Crippen LogP contribution is -1.89. The lowest BCUT2D eigenvalue weighted by Gasteiger charge is -2.02. The van der Waals surface area contributed by atoms with Gasteiger partial charge in [-0.2, -0.15) is 0 Å². The summed E-state index contributed by atoms with van der Waals surface area (Å²) in [5, 5.41) is 10.5. The van der Waals surface area contributed by atoms with Crippen LogP contribution in [0.15, 0.2) is 12.3 Å². The van der Waals surface area contributed by atoms with E-state index in [1.165, 1.54) is 11.3 Å². The average molecular weight is 248 g/mol. The molecule has 0 aliphatic rings. The van der Waals surface area contributed by atoms with Crippen LogP contribution < -0.4 is 0 Å². The highest BCUT2D eigenvalue weighted by atomic mass is 32.1. The standard InChI is InChI=1S/C13H16N2OS/c1-7-5-8(2)11(14-6-7)13-15-9(3)12(17-13)10(4)16/h5-6,10,16H,1-4H3. The molecule has 0 aromatic carbocycles. The van der Waals surface area contributed by atoms with Crippen molar-refractivity contribution >= 4 is 11.3 Å². The van der Waals surface area contributed by atoms with E-state index in [1.807, 2.05) is 27.0 Å². The average Bonchev–Trinajstić information content (AvgIpc) is 2.60. The molecule has 0 aliphatic carbocycles. The van der Waals surface area contributed by atoms with Gasteiger partial charge in [-0.1, -0.05) is 6.07 Å². The Bertz CT molecular complexity index is 546. The molecule has 4 heteroatoms. The van der Waals surface area contributed by atoms with Crippen LogP contribution in [0, 0.1) is 20.8 Å². The van der Waals surface area contributed by atoms with Crippen LogP contribution in [0.5, 0.6) is 0 Å². The predicted octanol–water partition coefficient (Wildman–Crippen LogP) is 3.18. The molecule has 0 saturated heterocycles. The quantitative estimate of drug-likeness (QED) is 0.887. The van der Waals surface area contributed by atoms with E-state index in [2.05, 4.69) is 16.0 Å². The Balaban J connectivity index is 2.50. The van der Waals surface area contributed by atoms with E-state index in [0.717, 1.165) is 32.4 Å². The van der Waals surface area contributed by atoms with Gasteiger partial charge >= 0.3 is 0 Å². The third kappa shape index (κ3) is 2.37. The van der Waals surface area contributed by atoms with Gasteiger partial charge in [0.1, 0.15) is 10.7 Å². The number of aryl methyl sites for hydroxylation is 3. The second-order valence-corrected chi connectivity index (χ2v) is 5.35. The molecule has 1 unspecified atom stereocenters. The van der Waals surface area contributed by atoms with Gasteiger partial charge in [0.05, 0.1) is 16.7 Å². The first-order chi connectivity index (χ1) is 7.99. The number of aromatic nitrogens is 2. The number of aliphatic hydroxyl groups is 1. The van der Waals surface area contributed by atoms with Gasteiger partial charge < -0.3 is 5.11 Å². The van der Waals surface area contributed by atoms with Gasteiger partial charge in [0.15, 0.2) is 0 Å². The molecule has 0 amide bonds. The third-order valence-corrected chi connectivity index (χ3v) is 3.96. The van der Waals surface area contributed by atoms with Crippen LogP contribution in [0.4, 0.5) is 0 Å². The number of thiazole rings is 1. The minimum atomic E-state index is -0.466. The fraction of sp³-hybridized carbons (Fsp3) is 0.385. The maximum Gasteiger partial charge on any atom is 0.142 e. The Kier molecular flexibility index (Phi) is 3.26. The summed E-state index contributed by atoms with van der Waals surface area (Å²) in [5.41, 5.74) is 4.07. The van der Waals surface area contributed by atoms with Crippen LogP contribution in [-0.4, -0.2) is 15.1 Å². The van der Waals surface area contributed by atoms with Crippen molar-refractivity contribution in [2.24, 2.45) is 0 Å². The van der Waals surface area contributed by atoms with Crippen molar-refractivity contribution in [2.75, 3.05) is 0 Å².